The lowest BCUT2D eigenvalue weighted by Gasteiger charge is -2.37. The third kappa shape index (κ3) is 3.85. The molecule has 3 heteroatoms. The maximum atomic E-state index is 11.1. The highest BCUT2D eigenvalue weighted by atomic mass is 16.5. The van der Waals surface area contributed by atoms with Crippen LogP contribution in [0.2, 0.25) is 0 Å². The van der Waals surface area contributed by atoms with E-state index < -0.39 is 0 Å². The van der Waals surface area contributed by atoms with Crippen LogP contribution >= 0.6 is 0 Å². The van der Waals surface area contributed by atoms with Crippen molar-refractivity contribution in [3.8, 4) is 0 Å². The number of carbonyl (C=O) groups excluding carboxylic acids is 1. The molecular formula is C16H21NO2. The highest BCUT2D eigenvalue weighted by molar-refractivity contribution is 5.81. The SMILES string of the molecule is C=CC(=O)OCCC1CCCCN1c1ccccc1. The molecule has 19 heavy (non-hydrogen) atoms. The normalized spacial score (nSPS) is 18.9. The molecule has 1 aromatic carbocycles. The summed E-state index contributed by atoms with van der Waals surface area (Å²) in [6, 6.07) is 10.9. The topological polar surface area (TPSA) is 29.5 Å². The van der Waals surface area contributed by atoms with Crippen molar-refractivity contribution in [3.05, 3.63) is 43.0 Å². The molecule has 1 fully saturated rings. The third-order valence-corrected chi connectivity index (χ3v) is 3.58. The molecule has 3 nitrogen and oxygen atoms in total. The monoisotopic (exact) mass is 259 g/mol. The van der Waals surface area contributed by atoms with Gasteiger partial charge in [-0.1, -0.05) is 24.8 Å². The minimum atomic E-state index is -0.331. The van der Waals surface area contributed by atoms with Gasteiger partial charge in [-0.25, -0.2) is 4.79 Å². The van der Waals surface area contributed by atoms with Gasteiger partial charge in [0.2, 0.25) is 0 Å². The van der Waals surface area contributed by atoms with E-state index in [1.807, 2.05) is 6.07 Å². The average Bonchev–Trinajstić information content (AvgIpc) is 2.48. The van der Waals surface area contributed by atoms with E-state index in [1.54, 1.807) is 0 Å². The Hall–Kier alpha value is -1.77. The maximum absolute atomic E-state index is 11.1. The first-order valence-corrected chi connectivity index (χ1v) is 6.92. The summed E-state index contributed by atoms with van der Waals surface area (Å²) in [5.74, 6) is -0.331. The number of para-hydroxylation sites is 1. The quantitative estimate of drug-likeness (QED) is 0.601. The molecule has 1 aliphatic rings. The van der Waals surface area contributed by atoms with Crippen molar-refractivity contribution in [1.29, 1.82) is 0 Å². The van der Waals surface area contributed by atoms with Crippen molar-refractivity contribution in [2.45, 2.75) is 31.7 Å². The van der Waals surface area contributed by atoms with E-state index in [0.717, 1.165) is 13.0 Å². The Kier molecular flexibility index (Phi) is 5.01. The van der Waals surface area contributed by atoms with Crippen LogP contribution < -0.4 is 4.90 Å². The molecule has 0 aromatic heterocycles. The van der Waals surface area contributed by atoms with E-state index in [0.29, 0.717) is 12.6 Å². The smallest absolute Gasteiger partial charge is 0.330 e. The van der Waals surface area contributed by atoms with Crippen LogP contribution in [0, 0.1) is 0 Å². The second-order valence-electron chi connectivity index (χ2n) is 4.84. The van der Waals surface area contributed by atoms with E-state index in [9.17, 15) is 4.79 Å². The number of piperidine rings is 1. The maximum Gasteiger partial charge on any atom is 0.330 e. The Labute approximate surface area is 114 Å². The fourth-order valence-corrected chi connectivity index (χ4v) is 2.61. The molecule has 0 amide bonds. The zero-order chi connectivity index (χ0) is 13.5. The summed E-state index contributed by atoms with van der Waals surface area (Å²) in [5, 5.41) is 0. The van der Waals surface area contributed by atoms with E-state index in [-0.39, 0.29) is 5.97 Å². The summed E-state index contributed by atoms with van der Waals surface area (Å²) < 4.78 is 5.09. The number of rotatable bonds is 5. The van der Waals surface area contributed by atoms with Gasteiger partial charge in [0.1, 0.15) is 0 Å². The van der Waals surface area contributed by atoms with Crippen molar-refractivity contribution in [2.24, 2.45) is 0 Å². The summed E-state index contributed by atoms with van der Waals surface area (Å²) in [7, 11) is 0. The zero-order valence-corrected chi connectivity index (χ0v) is 11.3. The molecule has 0 N–H and O–H groups in total. The number of anilines is 1. The number of benzene rings is 1. The van der Waals surface area contributed by atoms with Crippen LogP contribution in [0.4, 0.5) is 5.69 Å². The predicted octanol–water partition coefficient (Wildman–Crippen LogP) is 3.16. The Morgan fingerprint density at radius 1 is 1.37 bits per heavy atom. The molecule has 1 atom stereocenters. The lowest BCUT2D eigenvalue weighted by Crippen LogP contribution is -2.40. The molecule has 1 aromatic rings. The molecule has 0 spiro atoms. The van der Waals surface area contributed by atoms with Crippen molar-refractivity contribution in [2.75, 3.05) is 18.1 Å². The number of hydrogen-bond donors (Lipinski definition) is 0. The van der Waals surface area contributed by atoms with E-state index >= 15 is 0 Å². The minimum absolute atomic E-state index is 0.331. The summed E-state index contributed by atoms with van der Waals surface area (Å²) in [6.45, 7) is 4.96. The summed E-state index contributed by atoms with van der Waals surface area (Å²) in [4.78, 5) is 13.5. The number of hydrogen-bond acceptors (Lipinski definition) is 3. The lowest BCUT2D eigenvalue weighted by atomic mass is 9.99. The van der Waals surface area contributed by atoms with Gasteiger partial charge in [0.25, 0.3) is 0 Å². The van der Waals surface area contributed by atoms with Gasteiger partial charge < -0.3 is 9.64 Å². The van der Waals surface area contributed by atoms with Crippen LogP contribution in [0.1, 0.15) is 25.7 Å². The molecule has 1 unspecified atom stereocenters. The predicted molar refractivity (Wildman–Crippen MR) is 77.2 cm³/mol. The number of nitrogens with zero attached hydrogens (tertiary/aromatic N) is 1. The van der Waals surface area contributed by atoms with E-state index in [2.05, 4.69) is 35.7 Å². The minimum Gasteiger partial charge on any atom is -0.462 e. The van der Waals surface area contributed by atoms with E-state index in [4.69, 9.17) is 4.74 Å². The van der Waals surface area contributed by atoms with Crippen molar-refractivity contribution in [1.82, 2.24) is 0 Å². The molecule has 102 valence electrons. The lowest BCUT2D eigenvalue weighted by molar-refractivity contribution is -0.137. The molecule has 1 heterocycles. The van der Waals surface area contributed by atoms with Gasteiger partial charge >= 0.3 is 5.97 Å². The molecule has 0 saturated carbocycles. The first-order chi connectivity index (χ1) is 9.31. The van der Waals surface area contributed by atoms with Gasteiger partial charge in [0.05, 0.1) is 6.61 Å². The zero-order valence-electron chi connectivity index (χ0n) is 11.3. The summed E-state index contributed by atoms with van der Waals surface area (Å²) in [5.41, 5.74) is 1.27. The van der Waals surface area contributed by atoms with Crippen molar-refractivity contribution in [3.63, 3.8) is 0 Å². The molecule has 1 saturated heterocycles. The van der Waals surface area contributed by atoms with Crippen LogP contribution in [0.3, 0.4) is 0 Å². The van der Waals surface area contributed by atoms with E-state index in [1.165, 1.54) is 31.0 Å². The number of ether oxygens (including phenoxy) is 1. The standard InChI is InChI=1S/C16H21NO2/c1-2-16(18)19-13-11-15-10-6-7-12-17(15)14-8-4-3-5-9-14/h2-5,8-9,15H,1,6-7,10-13H2. The molecule has 1 aliphatic heterocycles. The summed E-state index contributed by atoms with van der Waals surface area (Å²) >= 11 is 0. The van der Waals surface area contributed by atoms with Crippen LogP contribution in [0.15, 0.2) is 43.0 Å². The second kappa shape index (κ2) is 6.98. The Morgan fingerprint density at radius 2 is 2.16 bits per heavy atom. The Bertz CT molecular complexity index is 416. The Morgan fingerprint density at radius 3 is 2.89 bits per heavy atom. The number of carbonyl (C=O) groups is 1. The van der Waals surface area contributed by atoms with Crippen LogP contribution in [0.25, 0.3) is 0 Å². The van der Waals surface area contributed by atoms with Gasteiger partial charge in [0.15, 0.2) is 0 Å². The highest BCUT2D eigenvalue weighted by Crippen LogP contribution is 2.26. The first kappa shape index (κ1) is 13.7. The van der Waals surface area contributed by atoms with Gasteiger partial charge in [-0.15, -0.1) is 0 Å². The fraction of sp³-hybridized carbons (Fsp3) is 0.438. The van der Waals surface area contributed by atoms with Crippen LogP contribution in [-0.4, -0.2) is 25.2 Å². The van der Waals surface area contributed by atoms with Crippen molar-refractivity contribution < 1.29 is 9.53 Å². The van der Waals surface area contributed by atoms with Crippen molar-refractivity contribution >= 4 is 11.7 Å². The third-order valence-electron chi connectivity index (χ3n) is 3.58. The van der Waals surface area contributed by atoms with Gasteiger partial charge in [0, 0.05) is 30.8 Å². The van der Waals surface area contributed by atoms with Gasteiger partial charge in [-0.2, -0.15) is 0 Å². The van der Waals surface area contributed by atoms with Gasteiger partial charge in [-0.3, -0.25) is 0 Å². The average molecular weight is 259 g/mol. The Balaban J connectivity index is 1.93. The van der Waals surface area contributed by atoms with Crippen LogP contribution in [-0.2, 0) is 9.53 Å². The fourth-order valence-electron chi connectivity index (χ4n) is 2.61. The largest absolute Gasteiger partial charge is 0.462 e. The highest BCUT2D eigenvalue weighted by Gasteiger charge is 2.22. The molecule has 0 radical (unpaired) electrons. The molecule has 0 bridgehead atoms. The number of esters is 1. The van der Waals surface area contributed by atoms with Crippen LogP contribution in [0.5, 0.6) is 0 Å². The first-order valence-electron chi connectivity index (χ1n) is 6.92. The molecule has 0 aliphatic carbocycles. The van der Waals surface area contributed by atoms with Gasteiger partial charge in [-0.05, 0) is 31.4 Å². The molecular weight excluding hydrogens is 238 g/mol. The summed E-state index contributed by atoms with van der Waals surface area (Å²) in [6.07, 6.45) is 5.76. The molecule has 2 rings (SSSR count). The second-order valence-corrected chi connectivity index (χ2v) is 4.84.